The van der Waals surface area contributed by atoms with Gasteiger partial charge < -0.3 is 19.4 Å². The number of amides is 1. The monoisotopic (exact) mass is 518 g/mol. The molecule has 6 rings (SSSR count). The first-order valence-electron chi connectivity index (χ1n) is 13.6. The number of nitrogens with zero attached hydrogens (tertiary/aromatic N) is 1. The van der Waals surface area contributed by atoms with Gasteiger partial charge in [0.25, 0.3) is 0 Å². The summed E-state index contributed by atoms with van der Waals surface area (Å²) in [6.45, 7) is 2.59. The smallest absolute Gasteiger partial charge is 0.407 e. The van der Waals surface area contributed by atoms with Crippen LogP contribution in [0.4, 0.5) is 10.5 Å². The molecule has 3 aromatic carbocycles. The molecule has 1 aromatic heterocycles. The van der Waals surface area contributed by atoms with E-state index in [2.05, 4.69) is 28.1 Å². The second kappa shape index (κ2) is 11.1. The fourth-order valence-corrected chi connectivity index (χ4v) is 5.68. The number of carbonyl (C=O) groups excluding carboxylic acids is 1. The number of benzene rings is 3. The molecular weight excluding hydrogens is 488 g/mol. The van der Waals surface area contributed by atoms with E-state index in [1.807, 2.05) is 60.7 Å². The summed E-state index contributed by atoms with van der Waals surface area (Å²) in [5.74, 6) is 6.23. The van der Waals surface area contributed by atoms with E-state index in [0.717, 1.165) is 66.4 Å². The number of anilines is 1. The first-order chi connectivity index (χ1) is 19.2. The predicted molar refractivity (Wildman–Crippen MR) is 152 cm³/mol. The number of carbonyl (C=O) groups is 1. The van der Waals surface area contributed by atoms with Crippen LogP contribution < -0.4 is 15.8 Å². The van der Waals surface area contributed by atoms with E-state index < -0.39 is 11.7 Å². The minimum Gasteiger partial charge on any atom is -0.445 e. The van der Waals surface area contributed by atoms with Crippen molar-refractivity contribution in [2.24, 2.45) is 0 Å². The van der Waals surface area contributed by atoms with E-state index >= 15 is 0 Å². The van der Waals surface area contributed by atoms with Crippen molar-refractivity contribution in [1.29, 1.82) is 0 Å². The van der Waals surface area contributed by atoms with Crippen molar-refractivity contribution in [3.63, 3.8) is 0 Å². The Kier molecular flexibility index (Phi) is 7.05. The molecule has 6 nitrogen and oxygen atoms in total. The largest absolute Gasteiger partial charge is 0.445 e. The van der Waals surface area contributed by atoms with Crippen LogP contribution in [0.5, 0.6) is 0 Å². The number of ether oxygens (including phenoxy) is 1. The van der Waals surface area contributed by atoms with Gasteiger partial charge in [-0.3, -0.25) is 0 Å². The summed E-state index contributed by atoms with van der Waals surface area (Å²) in [7, 11) is 0. The summed E-state index contributed by atoms with van der Waals surface area (Å²) in [5.41, 5.74) is 6.82. The maximum absolute atomic E-state index is 13.4. The van der Waals surface area contributed by atoms with Gasteiger partial charge >= 0.3 is 11.7 Å². The highest BCUT2D eigenvalue weighted by atomic mass is 16.5. The average Bonchev–Trinajstić information content (AvgIpc) is 2.97. The molecule has 39 heavy (non-hydrogen) atoms. The summed E-state index contributed by atoms with van der Waals surface area (Å²) >= 11 is 0. The molecule has 4 aromatic rings. The number of nitrogens with one attached hydrogen (secondary N) is 1. The number of fused-ring (bicyclic) bond motifs is 2. The highest BCUT2D eigenvalue weighted by molar-refractivity contribution is 5.92. The van der Waals surface area contributed by atoms with E-state index in [9.17, 15) is 9.59 Å². The summed E-state index contributed by atoms with van der Waals surface area (Å²) in [6, 6.07) is 21.3. The minimum atomic E-state index is -0.494. The van der Waals surface area contributed by atoms with Crippen LogP contribution in [0.3, 0.4) is 0 Å². The maximum atomic E-state index is 13.4. The van der Waals surface area contributed by atoms with Crippen LogP contribution >= 0.6 is 0 Å². The zero-order valence-electron chi connectivity index (χ0n) is 21.8. The minimum absolute atomic E-state index is 0.199. The highest BCUT2D eigenvalue weighted by Crippen LogP contribution is 2.40. The molecule has 6 heteroatoms. The fraction of sp³-hybridized carbons (Fsp3) is 0.273. The molecule has 0 saturated heterocycles. The molecule has 196 valence electrons. The first-order valence-corrected chi connectivity index (χ1v) is 13.6. The Morgan fingerprint density at radius 1 is 0.974 bits per heavy atom. The Morgan fingerprint density at radius 3 is 2.51 bits per heavy atom. The van der Waals surface area contributed by atoms with Crippen molar-refractivity contribution in [2.75, 3.05) is 24.5 Å². The van der Waals surface area contributed by atoms with Gasteiger partial charge in [0.05, 0.1) is 0 Å². The van der Waals surface area contributed by atoms with Crippen LogP contribution in [0.25, 0.3) is 11.0 Å². The fourth-order valence-electron chi connectivity index (χ4n) is 5.68. The molecule has 0 saturated carbocycles. The van der Waals surface area contributed by atoms with Gasteiger partial charge in [-0.1, -0.05) is 60.4 Å². The Labute approximate surface area is 227 Å². The van der Waals surface area contributed by atoms with Crippen molar-refractivity contribution < 1.29 is 13.9 Å². The molecule has 0 fully saturated rings. The third-order valence-electron chi connectivity index (χ3n) is 7.46. The van der Waals surface area contributed by atoms with Crippen molar-refractivity contribution in [3.05, 3.63) is 111 Å². The second-order valence-corrected chi connectivity index (χ2v) is 10.0. The lowest BCUT2D eigenvalue weighted by molar-refractivity contribution is 0.140. The zero-order chi connectivity index (χ0) is 26.6. The van der Waals surface area contributed by atoms with Gasteiger partial charge in [0.2, 0.25) is 0 Å². The van der Waals surface area contributed by atoms with Crippen LogP contribution in [0.2, 0.25) is 0 Å². The lowest BCUT2D eigenvalue weighted by Crippen LogP contribution is -2.34. The van der Waals surface area contributed by atoms with E-state index in [1.165, 1.54) is 11.3 Å². The lowest BCUT2D eigenvalue weighted by Gasteiger charge is -2.37. The summed E-state index contributed by atoms with van der Waals surface area (Å²) in [4.78, 5) is 28.2. The van der Waals surface area contributed by atoms with E-state index in [-0.39, 0.29) is 6.61 Å². The maximum Gasteiger partial charge on any atom is 0.407 e. The van der Waals surface area contributed by atoms with Gasteiger partial charge in [-0.2, -0.15) is 0 Å². The third kappa shape index (κ3) is 5.26. The van der Waals surface area contributed by atoms with Crippen molar-refractivity contribution >= 4 is 22.7 Å². The molecule has 0 radical (unpaired) electrons. The number of alkyl carbamates (subject to hydrolysis) is 1. The van der Waals surface area contributed by atoms with Crippen LogP contribution in [-0.4, -0.2) is 25.7 Å². The van der Waals surface area contributed by atoms with Crippen LogP contribution in [0.1, 0.15) is 46.2 Å². The Bertz CT molecular complexity index is 1630. The van der Waals surface area contributed by atoms with Crippen LogP contribution in [-0.2, 0) is 30.6 Å². The number of hydrogen-bond acceptors (Lipinski definition) is 5. The summed E-state index contributed by atoms with van der Waals surface area (Å²) < 4.78 is 11.4. The van der Waals surface area contributed by atoms with Gasteiger partial charge in [0.1, 0.15) is 17.8 Å². The van der Waals surface area contributed by atoms with Gasteiger partial charge in [0.15, 0.2) is 0 Å². The molecule has 0 atom stereocenters. The van der Waals surface area contributed by atoms with Crippen molar-refractivity contribution in [1.82, 2.24) is 5.32 Å². The average molecular weight is 519 g/mol. The number of hydrogen-bond donors (Lipinski definition) is 1. The Morgan fingerprint density at radius 2 is 1.72 bits per heavy atom. The molecule has 1 amide bonds. The number of aryl methyl sites for hydroxylation is 2. The van der Waals surface area contributed by atoms with Gasteiger partial charge in [0, 0.05) is 41.8 Å². The molecule has 0 unspecified atom stereocenters. The Hall–Kier alpha value is -4.50. The second-order valence-electron chi connectivity index (χ2n) is 10.0. The van der Waals surface area contributed by atoms with Crippen molar-refractivity contribution in [2.45, 2.75) is 38.7 Å². The van der Waals surface area contributed by atoms with Gasteiger partial charge in [-0.15, -0.1) is 0 Å². The molecule has 3 heterocycles. The number of rotatable bonds is 5. The van der Waals surface area contributed by atoms with Gasteiger partial charge in [-0.05, 0) is 67.0 Å². The zero-order valence-corrected chi connectivity index (χ0v) is 21.8. The Balaban J connectivity index is 1.34. The van der Waals surface area contributed by atoms with Crippen LogP contribution in [0, 0.1) is 11.8 Å². The molecular formula is C33H30N2O4. The molecule has 2 aliphatic heterocycles. The predicted octanol–water partition coefficient (Wildman–Crippen LogP) is 5.36. The standard InChI is InChI=1S/C33H30N2O4/c36-32-27(16-15-23-9-3-1-4-10-23)26(17-18-34-33(37)38-22-24-11-5-2-6-12-24)29-21-25-13-7-19-35-20-8-14-28(30(25)35)31(29)39-32/h1-6,9-12,21H,7-8,13-14,17-20,22H2,(H,34,37). The van der Waals surface area contributed by atoms with Crippen molar-refractivity contribution in [3.8, 4) is 11.8 Å². The normalized spacial score (nSPS) is 13.8. The first kappa shape index (κ1) is 24.8. The van der Waals surface area contributed by atoms with Gasteiger partial charge in [-0.25, -0.2) is 9.59 Å². The quantitative estimate of drug-likeness (QED) is 0.285. The third-order valence-corrected chi connectivity index (χ3v) is 7.46. The molecule has 2 aliphatic rings. The van der Waals surface area contributed by atoms with E-state index in [0.29, 0.717) is 24.1 Å². The molecule has 0 spiro atoms. The SMILES string of the molecule is O=C(NCCc1c(C#Cc2ccccc2)c(=O)oc2c3c4c(cc12)CCCN4CCC3)OCc1ccccc1. The summed E-state index contributed by atoms with van der Waals surface area (Å²) in [6.07, 6.45) is 3.98. The van der Waals surface area contributed by atoms with E-state index in [1.54, 1.807) is 0 Å². The molecule has 0 bridgehead atoms. The highest BCUT2D eigenvalue weighted by Gasteiger charge is 2.28. The molecule has 1 N–H and O–H groups in total. The van der Waals surface area contributed by atoms with Crippen LogP contribution in [0.15, 0.2) is 75.9 Å². The molecule has 0 aliphatic carbocycles. The topological polar surface area (TPSA) is 71.8 Å². The van der Waals surface area contributed by atoms with E-state index in [4.69, 9.17) is 9.15 Å². The summed E-state index contributed by atoms with van der Waals surface area (Å²) in [5, 5.41) is 3.77. The lowest BCUT2D eigenvalue weighted by atomic mass is 9.88.